The van der Waals surface area contributed by atoms with Crippen LogP contribution in [0.15, 0.2) is 12.1 Å². The van der Waals surface area contributed by atoms with E-state index in [9.17, 15) is 14.4 Å². The summed E-state index contributed by atoms with van der Waals surface area (Å²) in [5.74, 6) is 1.27. The van der Waals surface area contributed by atoms with Gasteiger partial charge in [0.05, 0.1) is 38.8 Å². The minimum absolute atomic E-state index is 0.174. The number of carbonyl (C=O) groups excluding carboxylic acids is 3. The number of likely N-dealkylation sites (tertiary alicyclic amines) is 1. The minimum atomic E-state index is -0.321. The average molecular weight is 395 g/mol. The molecule has 2 fully saturated rings. The van der Waals surface area contributed by atoms with E-state index >= 15 is 0 Å². The number of rotatable bonds is 5. The first-order chi connectivity index (χ1) is 13.0. The van der Waals surface area contributed by atoms with Crippen molar-refractivity contribution in [3.05, 3.63) is 12.1 Å². The van der Waals surface area contributed by atoms with Gasteiger partial charge in [-0.05, 0) is 6.42 Å². The van der Waals surface area contributed by atoms with Gasteiger partial charge in [-0.2, -0.15) is 0 Å². The highest BCUT2D eigenvalue weighted by atomic mass is 32.2. The second kappa shape index (κ2) is 7.95. The van der Waals surface area contributed by atoms with E-state index in [4.69, 9.17) is 14.2 Å². The second-order valence-electron chi connectivity index (χ2n) is 6.05. The molecule has 0 radical (unpaired) electrons. The van der Waals surface area contributed by atoms with Gasteiger partial charge in [-0.3, -0.25) is 14.5 Å². The largest absolute Gasteiger partial charge is 0.493 e. The maximum absolute atomic E-state index is 12.6. The summed E-state index contributed by atoms with van der Waals surface area (Å²) < 4.78 is 15.8. The highest BCUT2D eigenvalue weighted by Gasteiger charge is 2.40. The maximum Gasteiger partial charge on any atom is 0.321 e. The molecule has 0 aliphatic carbocycles. The first-order valence-corrected chi connectivity index (χ1v) is 9.31. The SMILES string of the molecule is COc1cc(NC(=O)N2CCC(N3C(=O)CSC3=O)C2)cc(OC)c1OC. The molecule has 1 aromatic carbocycles. The summed E-state index contributed by atoms with van der Waals surface area (Å²) in [5, 5.41) is 2.56. The van der Waals surface area contributed by atoms with Gasteiger partial charge < -0.3 is 24.4 Å². The fourth-order valence-corrected chi connectivity index (χ4v) is 3.99. The Morgan fingerprint density at radius 2 is 1.81 bits per heavy atom. The van der Waals surface area contributed by atoms with Crippen LogP contribution in [0.25, 0.3) is 0 Å². The number of thioether (sulfide) groups is 1. The number of ether oxygens (including phenoxy) is 3. The van der Waals surface area contributed by atoms with Crippen molar-refractivity contribution < 1.29 is 28.6 Å². The van der Waals surface area contributed by atoms with E-state index in [1.165, 1.54) is 26.2 Å². The normalized spacial score (nSPS) is 19.4. The molecular weight excluding hydrogens is 374 g/mol. The van der Waals surface area contributed by atoms with Crippen LogP contribution in [0.2, 0.25) is 0 Å². The molecule has 9 nitrogen and oxygen atoms in total. The number of anilines is 1. The molecule has 27 heavy (non-hydrogen) atoms. The Morgan fingerprint density at radius 1 is 1.15 bits per heavy atom. The van der Waals surface area contributed by atoms with Crippen LogP contribution in [-0.2, 0) is 4.79 Å². The van der Waals surface area contributed by atoms with Crippen LogP contribution >= 0.6 is 11.8 Å². The summed E-state index contributed by atoms with van der Waals surface area (Å²) in [6.07, 6.45) is 0.570. The molecule has 0 aromatic heterocycles. The van der Waals surface area contributed by atoms with Gasteiger partial charge in [-0.1, -0.05) is 11.8 Å². The smallest absolute Gasteiger partial charge is 0.321 e. The lowest BCUT2D eigenvalue weighted by Crippen LogP contribution is -2.42. The van der Waals surface area contributed by atoms with Crippen molar-refractivity contribution in [1.82, 2.24) is 9.80 Å². The van der Waals surface area contributed by atoms with Crippen LogP contribution in [0.3, 0.4) is 0 Å². The van der Waals surface area contributed by atoms with Crippen LogP contribution in [0.5, 0.6) is 17.2 Å². The first-order valence-electron chi connectivity index (χ1n) is 8.33. The number of nitrogens with zero attached hydrogens (tertiary/aromatic N) is 2. The highest BCUT2D eigenvalue weighted by molar-refractivity contribution is 8.14. The number of urea groups is 1. The zero-order chi connectivity index (χ0) is 19.6. The molecule has 1 N–H and O–H groups in total. The third-order valence-electron chi connectivity index (χ3n) is 4.52. The van der Waals surface area contributed by atoms with E-state index in [1.54, 1.807) is 17.0 Å². The summed E-state index contributed by atoms with van der Waals surface area (Å²) in [6, 6.07) is 2.68. The summed E-state index contributed by atoms with van der Waals surface area (Å²) >= 11 is 1.00. The summed E-state index contributed by atoms with van der Waals surface area (Å²) in [6.45, 7) is 0.775. The number of hydrogen-bond donors (Lipinski definition) is 1. The first kappa shape index (κ1) is 19.2. The molecular formula is C17H21N3O6S. The van der Waals surface area contributed by atoms with Gasteiger partial charge in [-0.15, -0.1) is 0 Å². The van der Waals surface area contributed by atoms with Crippen molar-refractivity contribution in [1.29, 1.82) is 0 Å². The van der Waals surface area contributed by atoms with Crippen LogP contribution in [-0.4, -0.2) is 73.2 Å². The van der Waals surface area contributed by atoms with Crippen LogP contribution in [0, 0.1) is 0 Å². The summed E-state index contributed by atoms with van der Waals surface area (Å²) in [7, 11) is 4.49. The standard InChI is InChI=1S/C17H21N3O6S/c1-24-12-6-10(7-13(25-2)15(12)26-3)18-16(22)19-5-4-11(8-19)20-14(21)9-27-17(20)23/h6-7,11H,4-5,8-9H2,1-3H3,(H,18,22). The Morgan fingerprint density at radius 3 is 2.33 bits per heavy atom. The number of hydrogen-bond acceptors (Lipinski definition) is 7. The number of methoxy groups -OCH3 is 3. The Balaban J connectivity index is 1.69. The molecule has 2 aliphatic rings. The molecule has 2 heterocycles. The lowest BCUT2D eigenvalue weighted by Gasteiger charge is -2.22. The van der Waals surface area contributed by atoms with Gasteiger partial charge in [0, 0.05) is 25.2 Å². The molecule has 1 atom stereocenters. The van der Waals surface area contributed by atoms with Gasteiger partial charge in [0.15, 0.2) is 11.5 Å². The van der Waals surface area contributed by atoms with Gasteiger partial charge in [0.2, 0.25) is 11.7 Å². The van der Waals surface area contributed by atoms with Gasteiger partial charge in [0.25, 0.3) is 5.24 Å². The maximum atomic E-state index is 12.6. The molecule has 2 saturated heterocycles. The zero-order valence-corrected chi connectivity index (χ0v) is 16.1. The molecule has 3 rings (SSSR count). The Kier molecular flexibility index (Phi) is 5.64. The predicted octanol–water partition coefficient (Wildman–Crippen LogP) is 2.01. The highest BCUT2D eigenvalue weighted by Crippen LogP contribution is 2.40. The number of amides is 4. The lowest BCUT2D eigenvalue weighted by atomic mass is 10.2. The third kappa shape index (κ3) is 3.75. The number of benzene rings is 1. The molecule has 10 heteroatoms. The Labute approximate surface area is 160 Å². The van der Waals surface area contributed by atoms with E-state index in [0.717, 1.165) is 11.8 Å². The van der Waals surface area contributed by atoms with Gasteiger partial charge in [0.1, 0.15) is 0 Å². The Bertz CT molecular complexity index is 730. The van der Waals surface area contributed by atoms with Gasteiger partial charge in [-0.25, -0.2) is 4.79 Å². The molecule has 1 unspecified atom stereocenters. The van der Waals surface area contributed by atoms with Crippen LogP contribution in [0.1, 0.15) is 6.42 Å². The monoisotopic (exact) mass is 395 g/mol. The van der Waals surface area contributed by atoms with Crippen molar-refractivity contribution in [3.8, 4) is 17.2 Å². The van der Waals surface area contributed by atoms with Crippen molar-refractivity contribution in [2.45, 2.75) is 12.5 Å². The fraction of sp³-hybridized carbons (Fsp3) is 0.471. The molecule has 0 spiro atoms. The fourth-order valence-electron chi connectivity index (χ4n) is 3.21. The number of imide groups is 1. The molecule has 4 amide bonds. The van der Waals surface area contributed by atoms with Crippen LogP contribution in [0.4, 0.5) is 15.3 Å². The van der Waals surface area contributed by atoms with Gasteiger partial charge >= 0.3 is 6.03 Å². The van der Waals surface area contributed by atoms with Crippen molar-refractivity contribution in [3.63, 3.8) is 0 Å². The summed E-state index contributed by atoms with van der Waals surface area (Å²) in [4.78, 5) is 39.2. The lowest BCUT2D eigenvalue weighted by molar-refractivity contribution is -0.126. The summed E-state index contributed by atoms with van der Waals surface area (Å²) in [5.41, 5.74) is 0.488. The zero-order valence-electron chi connectivity index (χ0n) is 15.3. The minimum Gasteiger partial charge on any atom is -0.493 e. The third-order valence-corrected chi connectivity index (χ3v) is 5.35. The average Bonchev–Trinajstić information content (AvgIpc) is 3.27. The van der Waals surface area contributed by atoms with Crippen molar-refractivity contribution in [2.75, 3.05) is 45.5 Å². The number of nitrogens with one attached hydrogen (secondary N) is 1. The quantitative estimate of drug-likeness (QED) is 0.814. The van der Waals surface area contributed by atoms with E-state index in [0.29, 0.717) is 42.4 Å². The molecule has 2 aliphatic heterocycles. The van der Waals surface area contributed by atoms with E-state index in [1.807, 2.05) is 0 Å². The van der Waals surface area contributed by atoms with E-state index in [2.05, 4.69) is 5.32 Å². The molecule has 146 valence electrons. The van der Waals surface area contributed by atoms with Crippen molar-refractivity contribution in [2.24, 2.45) is 0 Å². The van der Waals surface area contributed by atoms with Crippen LogP contribution < -0.4 is 19.5 Å². The van der Waals surface area contributed by atoms with Crippen molar-refractivity contribution >= 4 is 34.6 Å². The molecule has 0 bridgehead atoms. The van der Waals surface area contributed by atoms with E-state index < -0.39 is 0 Å². The molecule has 1 aromatic rings. The topological polar surface area (TPSA) is 97.4 Å². The number of carbonyl (C=O) groups is 3. The van der Waals surface area contributed by atoms with E-state index in [-0.39, 0.29) is 29.0 Å². The Hall–Kier alpha value is -2.62. The molecule has 0 saturated carbocycles. The second-order valence-corrected chi connectivity index (χ2v) is 6.98. The predicted molar refractivity (Wildman–Crippen MR) is 99.8 cm³/mol.